The molecule has 2 N–H and O–H groups in total. The van der Waals surface area contributed by atoms with Gasteiger partial charge in [0, 0.05) is 24.4 Å². The van der Waals surface area contributed by atoms with Crippen LogP contribution in [-0.4, -0.2) is 52.1 Å². The monoisotopic (exact) mass is 389 g/mol. The summed E-state index contributed by atoms with van der Waals surface area (Å²) >= 11 is 6.24. The predicted octanol–water partition coefficient (Wildman–Crippen LogP) is 2.27. The van der Waals surface area contributed by atoms with Crippen molar-refractivity contribution in [2.24, 2.45) is 4.99 Å². The average molecular weight is 390 g/mol. The zero-order chi connectivity index (χ0) is 19.1. The van der Waals surface area contributed by atoms with Crippen molar-refractivity contribution in [1.29, 1.82) is 0 Å². The van der Waals surface area contributed by atoms with E-state index >= 15 is 0 Å². The van der Waals surface area contributed by atoms with Crippen LogP contribution >= 0.6 is 11.6 Å². The third-order valence-corrected chi connectivity index (χ3v) is 6.40. The molecule has 0 bridgehead atoms. The van der Waals surface area contributed by atoms with Crippen molar-refractivity contribution in [1.82, 2.24) is 10.6 Å². The number of halogens is 1. The molecule has 0 aliphatic carbocycles. The summed E-state index contributed by atoms with van der Waals surface area (Å²) in [7, 11) is -1.58. The molecular formula is C17H28ClN3O3S. The predicted molar refractivity (Wildman–Crippen MR) is 105 cm³/mol. The van der Waals surface area contributed by atoms with Crippen molar-refractivity contribution < 1.29 is 13.2 Å². The fraction of sp³-hybridized carbons (Fsp3) is 0.588. The van der Waals surface area contributed by atoms with Crippen LogP contribution in [0.5, 0.6) is 5.75 Å². The lowest BCUT2D eigenvalue weighted by molar-refractivity contribution is 0.414. The van der Waals surface area contributed by atoms with E-state index in [0.717, 1.165) is 11.3 Å². The number of sulfone groups is 1. The Hall–Kier alpha value is -1.47. The number of guanidine groups is 1. The summed E-state index contributed by atoms with van der Waals surface area (Å²) in [6, 6.07) is 5.58. The minimum absolute atomic E-state index is 0.185. The lowest BCUT2D eigenvalue weighted by Crippen LogP contribution is -2.41. The van der Waals surface area contributed by atoms with Crippen LogP contribution in [0.25, 0.3) is 0 Å². The number of rotatable bonds is 8. The molecule has 1 aromatic rings. The van der Waals surface area contributed by atoms with E-state index < -0.39 is 14.6 Å². The Labute approximate surface area is 155 Å². The van der Waals surface area contributed by atoms with Crippen LogP contribution in [0.3, 0.4) is 0 Å². The van der Waals surface area contributed by atoms with E-state index in [4.69, 9.17) is 16.3 Å². The standard InChI is InChI=1S/C17H28ClN3O3S/c1-6-19-16(21-12-17(2,3)25(5,22)23)20-10-9-13-7-8-14(24-4)11-15(13)18/h7-8,11H,6,9-10,12H2,1-5H3,(H2,19,20,21). The maximum Gasteiger partial charge on any atom is 0.191 e. The van der Waals surface area contributed by atoms with Crippen LogP contribution in [0, 0.1) is 0 Å². The molecule has 6 nitrogen and oxygen atoms in total. The van der Waals surface area contributed by atoms with Gasteiger partial charge >= 0.3 is 0 Å². The first-order chi connectivity index (χ1) is 11.6. The lowest BCUT2D eigenvalue weighted by Gasteiger charge is -2.21. The van der Waals surface area contributed by atoms with Crippen molar-refractivity contribution in [3.8, 4) is 5.75 Å². The van der Waals surface area contributed by atoms with Crippen LogP contribution in [0.2, 0.25) is 5.02 Å². The molecule has 142 valence electrons. The summed E-state index contributed by atoms with van der Waals surface area (Å²) < 4.78 is 27.8. The van der Waals surface area contributed by atoms with Crippen LogP contribution < -0.4 is 15.4 Å². The van der Waals surface area contributed by atoms with Gasteiger partial charge in [0.2, 0.25) is 0 Å². The van der Waals surface area contributed by atoms with Crippen molar-refractivity contribution in [3.63, 3.8) is 0 Å². The Morgan fingerprint density at radius 3 is 2.52 bits per heavy atom. The first-order valence-electron chi connectivity index (χ1n) is 8.15. The highest BCUT2D eigenvalue weighted by Crippen LogP contribution is 2.22. The molecule has 0 atom stereocenters. The Balaban J connectivity index is 2.68. The SMILES string of the molecule is CCNC(=NCC(C)(C)S(C)(=O)=O)NCCc1ccc(OC)cc1Cl. The second kappa shape index (κ2) is 9.29. The van der Waals surface area contributed by atoms with Gasteiger partial charge in [-0.2, -0.15) is 0 Å². The molecule has 0 radical (unpaired) electrons. The Kier molecular flexibility index (Phi) is 8.02. The van der Waals surface area contributed by atoms with Gasteiger partial charge in [-0.25, -0.2) is 8.42 Å². The highest BCUT2D eigenvalue weighted by atomic mass is 35.5. The third kappa shape index (κ3) is 6.74. The summed E-state index contributed by atoms with van der Waals surface area (Å²) in [5.41, 5.74) is 1.00. The lowest BCUT2D eigenvalue weighted by atomic mass is 10.1. The first-order valence-corrected chi connectivity index (χ1v) is 10.4. The summed E-state index contributed by atoms with van der Waals surface area (Å²) in [4.78, 5) is 4.39. The van der Waals surface area contributed by atoms with Gasteiger partial charge in [-0.05, 0) is 44.9 Å². The van der Waals surface area contributed by atoms with Crippen molar-refractivity contribution in [3.05, 3.63) is 28.8 Å². The fourth-order valence-electron chi connectivity index (χ4n) is 1.90. The van der Waals surface area contributed by atoms with Gasteiger partial charge in [0.05, 0.1) is 18.4 Å². The average Bonchev–Trinajstić information content (AvgIpc) is 2.53. The number of nitrogens with one attached hydrogen (secondary N) is 2. The molecule has 0 heterocycles. The molecule has 0 saturated heterocycles. The van der Waals surface area contributed by atoms with E-state index in [1.54, 1.807) is 27.0 Å². The van der Waals surface area contributed by atoms with E-state index in [1.807, 2.05) is 19.1 Å². The second-order valence-corrected chi connectivity index (χ2v) is 9.42. The minimum atomic E-state index is -3.18. The molecule has 0 aliphatic heterocycles. The first kappa shape index (κ1) is 21.6. The molecule has 0 amide bonds. The highest BCUT2D eigenvalue weighted by molar-refractivity contribution is 7.92. The van der Waals surface area contributed by atoms with E-state index in [-0.39, 0.29) is 6.54 Å². The van der Waals surface area contributed by atoms with Crippen LogP contribution in [0.1, 0.15) is 26.3 Å². The van der Waals surface area contributed by atoms with Crippen LogP contribution in [-0.2, 0) is 16.3 Å². The number of hydrogen-bond acceptors (Lipinski definition) is 4. The quantitative estimate of drug-likeness (QED) is 0.526. The number of nitrogens with zero attached hydrogens (tertiary/aromatic N) is 1. The van der Waals surface area contributed by atoms with Crippen molar-refractivity contribution in [2.45, 2.75) is 31.9 Å². The number of methoxy groups -OCH3 is 1. The van der Waals surface area contributed by atoms with E-state index in [9.17, 15) is 8.42 Å². The van der Waals surface area contributed by atoms with Gasteiger partial charge in [-0.1, -0.05) is 17.7 Å². The van der Waals surface area contributed by atoms with Crippen molar-refractivity contribution in [2.75, 3.05) is 33.0 Å². The fourth-order valence-corrected chi connectivity index (χ4v) is 2.47. The minimum Gasteiger partial charge on any atom is -0.497 e. The molecule has 8 heteroatoms. The summed E-state index contributed by atoms with van der Waals surface area (Å²) in [5.74, 6) is 1.31. The molecule has 25 heavy (non-hydrogen) atoms. The van der Waals surface area contributed by atoms with E-state index in [0.29, 0.717) is 30.5 Å². The van der Waals surface area contributed by atoms with Gasteiger partial charge in [0.15, 0.2) is 15.8 Å². The van der Waals surface area contributed by atoms with Gasteiger partial charge in [-0.3, -0.25) is 4.99 Å². The van der Waals surface area contributed by atoms with Crippen LogP contribution in [0.15, 0.2) is 23.2 Å². The summed E-state index contributed by atoms with van der Waals surface area (Å²) in [6.45, 7) is 6.80. The van der Waals surface area contributed by atoms with Gasteiger partial charge < -0.3 is 15.4 Å². The summed E-state index contributed by atoms with van der Waals surface area (Å²) in [6.07, 6.45) is 1.94. The Morgan fingerprint density at radius 1 is 1.32 bits per heavy atom. The van der Waals surface area contributed by atoms with Crippen molar-refractivity contribution >= 4 is 27.4 Å². The largest absolute Gasteiger partial charge is 0.497 e. The number of aliphatic imine (C=N–C) groups is 1. The number of hydrogen-bond donors (Lipinski definition) is 2. The van der Waals surface area contributed by atoms with Crippen LogP contribution in [0.4, 0.5) is 0 Å². The third-order valence-electron chi connectivity index (χ3n) is 3.91. The molecule has 0 fully saturated rings. The maximum absolute atomic E-state index is 11.8. The highest BCUT2D eigenvalue weighted by Gasteiger charge is 2.29. The zero-order valence-electron chi connectivity index (χ0n) is 15.5. The molecule has 0 aromatic heterocycles. The van der Waals surface area contributed by atoms with Gasteiger partial charge in [-0.15, -0.1) is 0 Å². The molecule has 1 rings (SSSR count). The zero-order valence-corrected chi connectivity index (χ0v) is 17.1. The second-order valence-electron chi connectivity index (χ2n) is 6.36. The Bertz CT molecular complexity index is 703. The van der Waals surface area contributed by atoms with E-state index in [2.05, 4.69) is 15.6 Å². The smallest absolute Gasteiger partial charge is 0.191 e. The molecule has 0 spiro atoms. The molecule has 1 aromatic carbocycles. The van der Waals surface area contributed by atoms with Gasteiger partial charge in [0.25, 0.3) is 0 Å². The maximum atomic E-state index is 11.8. The molecule has 0 aliphatic rings. The number of ether oxygens (including phenoxy) is 1. The number of benzene rings is 1. The molecule has 0 saturated carbocycles. The normalized spacial score (nSPS) is 12.8. The van der Waals surface area contributed by atoms with Gasteiger partial charge in [0.1, 0.15) is 5.75 Å². The van der Waals surface area contributed by atoms with E-state index in [1.165, 1.54) is 6.26 Å². The summed E-state index contributed by atoms with van der Waals surface area (Å²) in [5, 5.41) is 6.97. The topological polar surface area (TPSA) is 79.8 Å². The molecule has 0 unspecified atom stereocenters. The molecular weight excluding hydrogens is 362 g/mol. The Morgan fingerprint density at radius 2 is 2.00 bits per heavy atom.